The second kappa shape index (κ2) is 6.77. The number of carbonyl (C=O) groups excluding carboxylic acids is 2. The predicted octanol–water partition coefficient (Wildman–Crippen LogP) is 0.124. The maximum absolute atomic E-state index is 12.7. The Bertz CT molecular complexity index is 1240. The highest BCUT2D eigenvalue weighted by molar-refractivity contribution is 7.86. The van der Waals surface area contributed by atoms with Gasteiger partial charge in [0.25, 0.3) is 20.2 Å². The molecule has 0 radical (unpaired) electrons. The van der Waals surface area contributed by atoms with Crippen molar-refractivity contribution in [2.45, 2.75) is 9.79 Å². The molecule has 4 N–H and O–H groups in total. The van der Waals surface area contributed by atoms with Crippen molar-refractivity contribution < 1.29 is 35.5 Å². The van der Waals surface area contributed by atoms with E-state index in [0.717, 1.165) is 24.3 Å². The van der Waals surface area contributed by atoms with Crippen LogP contribution in [0.3, 0.4) is 0 Å². The Morgan fingerprint density at radius 2 is 1.00 bits per heavy atom. The quantitative estimate of drug-likeness (QED) is 0.279. The Morgan fingerprint density at radius 1 is 0.655 bits per heavy atom. The van der Waals surface area contributed by atoms with E-state index in [4.69, 9.17) is 9.11 Å². The smallest absolute Gasteiger partial charge is 0.294 e. The largest absolute Gasteiger partial charge is 0.350 e. The highest BCUT2D eigenvalue weighted by Crippen LogP contribution is 2.36. The van der Waals surface area contributed by atoms with Crippen molar-refractivity contribution in [2.75, 3.05) is 10.6 Å². The van der Waals surface area contributed by atoms with Gasteiger partial charge in [-0.3, -0.25) is 18.7 Å². The molecule has 29 heavy (non-hydrogen) atoms. The second-order valence-corrected chi connectivity index (χ2v) is 8.87. The summed E-state index contributed by atoms with van der Waals surface area (Å²) in [5, 5.41) is 5.44. The number of carbonyl (C=O) groups is 2. The van der Waals surface area contributed by atoms with E-state index in [1.807, 2.05) is 0 Å². The first-order valence-corrected chi connectivity index (χ1v) is 10.5. The van der Waals surface area contributed by atoms with Crippen LogP contribution in [0.15, 0.2) is 57.6 Å². The zero-order valence-corrected chi connectivity index (χ0v) is 15.3. The highest BCUT2D eigenvalue weighted by Gasteiger charge is 2.36. The summed E-state index contributed by atoms with van der Waals surface area (Å²) in [6.07, 6.45) is 0. The van der Waals surface area contributed by atoms with E-state index >= 15 is 0 Å². The Hall–Kier alpha value is -2.53. The fraction of sp³-hybridized carbons (Fsp3) is 0. The number of ketones is 2. The van der Waals surface area contributed by atoms with E-state index < -0.39 is 41.6 Å². The van der Waals surface area contributed by atoms with Crippen LogP contribution in [-0.2, 0) is 20.2 Å². The standard InChI is InChI=1S/C16H10N2O8S2.Al.3H/c19-15-9-5-7(27(21,22)23)1-3-11(9)17-13(15)14-16(20)10-6-8(28(24,25)26)2-4-12(10)18-14;;;;/h1-6,17-18H,(H,21,22,23)(H,24,25,26);;;;/b14-13+;;;;. The van der Waals surface area contributed by atoms with Crippen LogP contribution in [0.1, 0.15) is 20.7 Å². The topological polar surface area (TPSA) is 167 Å². The van der Waals surface area contributed by atoms with Crippen molar-refractivity contribution in [3.8, 4) is 0 Å². The van der Waals surface area contributed by atoms with E-state index in [1.54, 1.807) is 0 Å². The number of allylic oxidation sites excluding steroid dienone is 2. The summed E-state index contributed by atoms with van der Waals surface area (Å²) in [6, 6.07) is 6.70. The van der Waals surface area contributed by atoms with Gasteiger partial charge in [-0.25, -0.2) is 0 Å². The van der Waals surface area contributed by atoms with Gasteiger partial charge in [-0.1, -0.05) is 0 Å². The van der Waals surface area contributed by atoms with Gasteiger partial charge in [-0.15, -0.1) is 0 Å². The number of hydrogen-bond donors (Lipinski definition) is 4. The summed E-state index contributed by atoms with van der Waals surface area (Å²) in [4.78, 5) is 24.4. The molecule has 0 fully saturated rings. The molecule has 0 saturated heterocycles. The maximum Gasteiger partial charge on any atom is 0.294 e. The molecule has 150 valence electrons. The third-order valence-corrected chi connectivity index (χ3v) is 5.99. The lowest BCUT2D eigenvalue weighted by Crippen LogP contribution is -2.13. The summed E-state index contributed by atoms with van der Waals surface area (Å²) in [5.41, 5.74) is 0.0611. The van der Waals surface area contributed by atoms with Crippen LogP contribution in [0.25, 0.3) is 0 Å². The number of fused-ring (bicyclic) bond motifs is 2. The van der Waals surface area contributed by atoms with Crippen LogP contribution in [0.2, 0.25) is 0 Å². The molecule has 4 rings (SSSR count). The number of hydrogen-bond acceptors (Lipinski definition) is 8. The first kappa shape index (κ1) is 21.2. The second-order valence-electron chi connectivity index (χ2n) is 6.02. The zero-order valence-electron chi connectivity index (χ0n) is 13.6. The highest BCUT2D eigenvalue weighted by atomic mass is 32.2. The van der Waals surface area contributed by atoms with Crippen LogP contribution in [0.5, 0.6) is 0 Å². The van der Waals surface area contributed by atoms with Crippen LogP contribution >= 0.6 is 0 Å². The summed E-state index contributed by atoms with van der Waals surface area (Å²) in [5.74, 6) is -1.36. The number of nitrogens with one attached hydrogen (secondary N) is 2. The number of anilines is 2. The Balaban J connectivity index is 0.00000240. The molecule has 0 saturated carbocycles. The van der Waals surface area contributed by atoms with Gasteiger partial charge in [0.2, 0.25) is 11.6 Å². The fourth-order valence-electron chi connectivity index (χ4n) is 2.97. The van der Waals surface area contributed by atoms with E-state index in [-0.39, 0.29) is 51.3 Å². The average molecular weight is 452 g/mol. The molecule has 0 aliphatic carbocycles. The van der Waals surface area contributed by atoms with Crippen molar-refractivity contribution in [2.24, 2.45) is 0 Å². The molecule has 0 bridgehead atoms. The molecule has 2 heterocycles. The van der Waals surface area contributed by atoms with Gasteiger partial charge in [-0.2, -0.15) is 16.8 Å². The summed E-state index contributed by atoms with van der Waals surface area (Å²) < 4.78 is 63.3. The minimum atomic E-state index is -4.52. The molecule has 0 spiro atoms. The number of rotatable bonds is 2. The Labute approximate surface area is 175 Å². The molecule has 0 atom stereocenters. The van der Waals surface area contributed by atoms with Crippen LogP contribution < -0.4 is 10.6 Å². The number of benzene rings is 2. The number of Topliss-reactive ketones (excluding diaryl/α,β-unsaturated/α-hetero) is 2. The molecule has 10 nitrogen and oxygen atoms in total. The molecule has 2 aromatic carbocycles. The van der Waals surface area contributed by atoms with E-state index in [0.29, 0.717) is 0 Å². The third kappa shape index (κ3) is 3.48. The first-order valence-electron chi connectivity index (χ1n) is 7.57. The fourth-order valence-corrected chi connectivity index (χ4v) is 3.98. The molecule has 13 heteroatoms. The van der Waals surface area contributed by atoms with Crippen LogP contribution in [-0.4, -0.2) is 54.9 Å². The minimum Gasteiger partial charge on any atom is -0.350 e. The van der Waals surface area contributed by atoms with Gasteiger partial charge in [0, 0.05) is 11.1 Å². The van der Waals surface area contributed by atoms with Crippen molar-refractivity contribution in [3.63, 3.8) is 0 Å². The first-order chi connectivity index (χ1) is 13.0. The van der Waals surface area contributed by atoms with Crippen molar-refractivity contribution in [3.05, 3.63) is 58.9 Å². The predicted molar refractivity (Wildman–Crippen MR) is 105 cm³/mol. The summed E-state index contributed by atoms with van der Waals surface area (Å²) in [7, 11) is -9.03. The van der Waals surface area contributed by atoms with E-state index in [1.165, 1.54) is 12.1 Å². The van der Waals surface area contributed by atoms with Gasteiger partial charge in [0.15, 0.2) is 17.4 Å². The molecule has 0 amide bonds. The Morgan fingerprint density at radius 3 is 1.31 bits per heavy atom. The maximum atomic E-state index is 12.7. The lowest BCUT2D eigenvalue weighted by molar-refractivity contribution is 0.101. The Kier molecular flexibility index (Phi) is 4.95. The van der Waals surface area contributed by atoms with Crippen molar-refractivity contribution in [1.82, 2.24) is 0 Å². The lowest BCUT2D eigenvalue weighted by atomic mass is 10.1. The van der Waals surface area contributed by atoms with Crippen LogP contribution in [0, 0.1) is 0 Å². The van der Waals surface area contributed by atoms with Gasteiger partial charge in [0.05, 0.1) is 21.2 Å². The zero-order chi connectivity index (χ0) is 20.4. The van der Waals surface area contributed by atoms with Crippen molar-refractivity contribution in [1.29, 1.82) is 0 Å². The molecular formula is C16H13AlN2O8S2. The average Bonchev–Trinajstić information content (AvgIpc) is 3.10. The summed E-state index contributed by atoms with van der Waals surface area (Å²) >= 11 is 0. The molecular weight excluding hydrogens is 439 g/mol. The van der Waals surface area contributed by atoms with Gasteiger partial charge >= 0.3 is 0 Å². The molecule has 2 aromatic rings. The normalized spacial score (nSPS) is 17.9. The molecule has 2 aliphatic rings. The van der Waals surface area contributed by atoms with E-state index in [2.05, 4.69) is 10.6 Å². The SMILES string of the molecule is O=C1/C(=C2\Nc3ccc(S(=O)(=O)O)cc3C2=O)Nc2ccc(S(=O)(=O)O)cc21.[AlH3]. The lowest BCUT2D eigenvalue weighted by Gasteiger charge is -2.03. The minimum absolute atomic E-state index is 0. The third-order valence-electron chi connectivity index (χ3n) is 4.29. The van der Waals surface area contributed by atoms with Crippen molar-refractivity contribution >= 4 is 60.5 Å². The van der Waals surface area contributed by atoms with Gasteiger partial charge in [0.1, 0.15) is 11.4 Å². The molecule has 2 aliphatic heterocycles. The van der Waals surface area contributed by atoms with Gasteiger partial charge < -0.3 is 10.6 Å². The van der Waals surface area contributed by atoms with Crippen LogP contribution in [0.4, 0.5) is 11.4 Å². The van der Waals surface area contributed by atoms with E-state index in [9.17, 15) is 26.4 Å². The summed E-state index contributed by atoms with van der Waals surface area (Å²) in [6.45, 7) is 0. The molecule has 0 aromatic heterocycles. The molecule has 0 unspecified atom stereocenters. The monoisotopic (exact) mass is 452 g/mol. The van der Waals surface area contributed by atoms with Gasteiger partial charge in [-0.05, 0) is 36.4 Å².